The normalized spacial score (nSPS) is 21.2. The molecule has 9 nitrogen and oxygen atoms in total. The minimum atomic E-state index is -3.89. The van der Waals surface area contributed by atoms with Crippen LogP contribution in [0, 0.1) is 0 Å². The van der Waals surface area contributed by atoms with E-state index in [-0.39, 0.29) is 24.4 Å². The lowest BCUT2D eigenvalue weighted by atomic mass is 10.1. The number of hydrogen-bond donors (Lipinski definition) is 2. The molecule has 2 N–H and O–H groups in total. The summed E-state index contributed by atoms with van der Waals surface area (Å²) in [5.74, 6) is -0.985. The number of benzene rings is 1. The molecule has 12 heteroatoms. The molecule has 204 valence electrons. The summed E-state index contributed by atoms with van der Waals surface area (Å²) in [5.41, 5.74) is 0.971. The number of carbonyl (C=O) groups is 3. The van der Waals surface area contributed by atoms with Crippen LogP contribution in [0.3, 0.4) is 0 Å². The molecule has 2 aliphatic rings. The standard InChI is InChI=1S/C26H31ClN4O5S2/c1-18(19-7-3-2-4-8-19)28-25(33)22-10-6-15-31(22)24(32)17-30-14-5-9-21(26(30)34)29-38(35,36)16-13-20-11-12-23(27)37-20/h2-4,7-8,11-13,16,18,21-22,29H,5-6,9-10,14-15,17H2,1H3,(H,28,33)/b16-13+. The van der Waals surface area contributed by atoms with Crippen LogP contribution in [0.4, 0.5) is 0 Å². The van der Waals surface area contributed by atoms with Crippen LogP contribution >= 0.6 is 22.9 Å². The molecular formula is C26H31ClN4O5S2. The lowest BCUT2D eigenvalue weighted by molar-refractivity contribution is -0.145. The fourth-order valence-electron chi connectivity index (χ4n) is 4.75. The number of sulfonamides is 1. The summed E-state index contributed by atoms with van der Waals surface area (Å²) >= 11 is 7.12. The molecule has 3 unspecified atom stereocenters. The number of piperidine rings is 1. The minimum Gasteiger partial charge on any atom is -0.348 e. The Balaban J connectivity index is 1.34. The number of nitrogens with one attached hydrogen (secondary N) is 2. The van der Waals surface area contributed by atoms with Crippen molar-refractivity contribution in [2.75, 3.05) is 19.6 Å². The van der Waals surface area contributed by atoms with Crippen LogP contribution in [0.25, 0.3) is 6.08 Å². The highest BCUT2D eigenvalue weighted by molar-refractivity contribution is 7.92. The number of nitrogens with zero attached hydrogens (tertiary/aromatic N) is 2. The number of thiophene rings is 1. The summed E-state index contributed by atoms with van der Waals surface area (Å²) in [6.07, 6.45) is 3.56. The average molecular weight is 579 g/mol. The van der Waals surface area contributed by atoms with Gasteiger partial charge in [0.05, 0.1) is 16.9 Å². The lowest BCUT2D eigenvalue weighted by Crippen LogP contribution is -2.55. The Morgan fingerprint density at radius 1 is 1.13 bits per heavy atom. The molecule has 0 spiro atoms. The number of halogens is 1. The Labute approximate surface area is 231 Å². The smallest absolute Gasteiger partial charge is 0.243 e. The van der Waals surface area contributed by atoms with Gasteiger partial charge in [0, 0.05) is 23.4 Å². The molecule has 1 aromatic heterocycles. The first-order chi connectivity index (χ1) is 18.1. The van der Waals surface area contributed by atoms with Gasteiger partial charge in [0.15, 0.2) is 0 Å². The van der Waals surface area contributed by atoms with Gasteiger partial charge in [-0.15, -0.1) is 11.3 Å². The molecule has 1 aromatic carbocycles. The van der Waals surface area contributed by atoms with Gasteiger partial charge in [0.1, 0.15) is 12.1 Å². The Hall–Kier alpha value is -2.73. The number of carbonyl (C=O) groups excluding carboxylic acids is 3. The van der Waals surface area contributed by atoms with E-state index in [1.54, 1.807) is 12.1 Å². The van der Waals surface area contributed by atoms with Crippen molar-refractivity contribution < 1.29 is 22.8 Å². The zero-order valence-corrected chi connectivity index (χ0v) is 23.4. The van der Waals surface area contributed by atoms with Gasteiger partial charge in [-0.3, -0.25) is 14.4 Å². The van der Waals surface area contributed by atoms with Gasteiger partial charge < -0.3 is 15.1 Å². The van der Waals surface area contributed by atoms with Gasteiger partial charge in [-0.2, -0.15) is 4.72 Å². The highest BCUT2D eigenvalue weighted by Gasteiger charge is 2.37. The molecular weight excluding hydrogens is 548 g/mol. The summed E-state index contributed by atoms with van der Waals surface area (Å²) in [5, 5.41) is 4.00. The van der Waals surface area contributed by atoms with Crippen molar-refractivity contribution >= 4 is 56.8 Å². The quantitative estimate of drug-likeness (QED) is 0.474. The zero-order chi connectivity index (χ0) is 27.3. The molecule has 3 heterocycles. The second kappa shape index (κ2) is 12.4. The van der Waals surface area contributed by atoms with E-state index in [0.29, 0.717) is 48.0 Å². The predicted octanol–water partition coefficient (Wildman–Crippen LogP) is 3.15. The van der Waals surface area contributed by atoms with E-state index >= 15 is 0 Å². The van der Waals surface area contributed by atoms with Gasteiger partial charge in [0.25, 0.3) is 0 Å². The van der Waals surface area contributed by atoms with Crippen LogP contribution in [0.5, 0.6) is 0 Å². The topological polar surface area (TPSA) is 116 Å². The maximum atomic E-state index is 13.2. The van der Waals surface area contributed by atoms with Crippen molar-refractivity contribution in [1.82, 2.24) is 19.8 Å². The van der Waals surface area contributed by atoms with Crippen LogP contribution in [-0.4, -0.2) is 67.7 Å². The number of rotatable bonds is 9. The van der Waals surface area contributed by atoms with Gasteiger partial charge in [-0.05, 0) is 56.4 Å². The monoisotopic (exact) mass is 578 g/mol. The van der Waals surface area contributed by atoms with Crippen molar-refractivity contribution in [3.05, 3.63) is 62.6 Å². The molecule has 0 aliphatic carbocycles. The summed E-state index contributed by atoms with van der Waals surface area (Å²) in [4.78, 5) is 42.8. The van der Waals surface area contributed by atoms with Crippen LogP contribution in [0.2, 0.25) is 4.34 Å². The first-order valence-corrected chi connectivity index (χ1v) is 15.3. The Bertz CT molecular complexity index is 1300. The SMILES string of the molecule is CC(NC(=O)C1CCCN1C(=O)CN1CCCC(NS(=O)(=O)/C=C/c2ccc(Cl)s2)C1=O)c1ccccc1. The van der Waals surface area contributed by atoms with Crippen LogP contribution in [0.15, 0.2) is 47.9 Å². The van der Waals surface area contributed by atoms with E-state index in [1.165, 1.54) is 27.2 Å². The molecule has 2 aliphatic heterocycles. The van der Waals surface area contributed by atoms with Crippen molar-refractivity contribution in [2.45, 2.75) is 50.7 Å². The number of hydrogen-bond acceptors (Lipinski definition) is 6. The summed E-state index contributed by atoms with van der Waals surface area (Å²) in [6.45, 7) is 2.49. The largest absolute Gasteiger partial charge is 0.348 e. The Morgan fingerprint density at radius 3 is 2.58 bits per heavy atom. The molecule has 2 aromatic rings. The molecule has 0 saturated carbocycles. The lowest BCUT2D eigenvalue weighted by Gasteiger charge is -2.34. The molecule has 2 saturated heterocycles. The van der Waals surface area contributed by atoms with Gasteiger partial charge in [-0.25, -0.2) is 8.42 Å². The van der Waals surface area contributed by atoms with Crippen molar-refractivity contribution in [1.29, 1.82) is 0 Å². The van der Waals surface area contributed by atoms with Crippen LogP contribution in [0.1, 0.15) is 49.1 Å². The third-order valence-corrected chi connectivity index (χ3v) is 9.01. The number of likely N-dealkylation sites (tertiary alicyclic amines) is 2. The van der Waals surface area contributed by atoms with Crippen molar-refractivity contribution in [3.63, 3.8) is 0 Å². The predicted molar refractivity (Wildman–Crippen MR) is 148 cm³/mol. The molecule has 2 fully saturated rings. The first-order valence-electron chi connectivity index (χ1n) is 12.5. The molecule has 38 heavy (non-hydrogen) atoms. The third kappa shape index (κ3) is 7.22. The van der Waals surface area contributed by atoms with Crippen molar-refractivity contribution in [2.24, 2.45) is 0 Å². The molecule has 0 bridgehead atoms. The van der Waals surface area contributed by atoms with Crippen LogP contribution in [-0.2, 0) is 24.4 Å². The highest BCUT2D eigenvalue weighted by Crippen LogP contribution is 2.23. The second-order valence-electron chi connectivity index (χ2n) is 9.45. The molecule has 3 atom stereocenters. The zero-order valence-electron chi connectivity index (χ0n) is 21.0. The van der Waals surface area contributed by atoms with Gasteiger partial charge in [-0.1, -0.05) is 41.9 Å². The average Bonchev–Trinajstić information content (AvgIpc) is 3.55. The van der Waals surface area contributed by atoms with E-state index in [4.69, 9.17) is 11.6 Å². The third-order valence-electron chi connectivity index (χ3n) is 6.70. The maximum absolute atomic E-state index is 13.2. The summed E-state index contributed by atoms with van der Waals surface area (Å²) in [6, 6.07) is 11.2. The van der Waals surface area contributed by atoms with E-state index < -0.39 is 28.0 Å². The van der Waals surface area contributed by atoms with E-state index in [2.05, 4.69) is 10.0 Å². The van der Waals surface area contributed by atoms with Crippen LogP contribution < -0.4 is 10.0 Å². The Kier molecular flexibility index (Phi) is 9.24. The van der Waals surface area contributed by atoms with E-state index in [0.717, 1.165) is 11.0 Å². The van der Waals surface area contributed by atoms with E-state index in [9.17, 15) is 22.8 Å². The Morgan fingerprint density at radius 2 is 1.87 bits per heavy atom. The fraction of sp³-hybridized carbons (Fsp3) is 0.423. The molecule has 0 radical (unpaired) electrons. The van der Waals surface area contributed by atoms with Gasteiger partial charge >= 0.3 is 0 Å². The maximum Gasteiger partial charge on any atom is 0.243 e. The highest BCUT2D eigenvalue weighted by atomic mass is 35.5. The van der Waals surface area contributed by atoms with Crippen molar-refractivity contribution in [3.8, 4) is 0 Å². The van der Waals surface area contributed by atoms with Gasteiger partial charge in [0.2, 0.25) is 27.7 Å². The summed E-state index contributed by atoms with van der Waals surface area (Å²) < 4.78 is 28.1. The first kappa shape index (κ1) is 28.3. The molecule has 4 rings (SSSR count). The minimum absolute atomic E-state index is 0.196. The fourth-order valence-corrected chi connectivity index (χ4v) is 6.81. The molecule has 3 amide bonds. The van der Waals surface area contributed by atoms with E-state index in [1.807, 2.05) is 37.3 Å². The second-order valence-corrected chi connectivity index (χ2v) is 12.8. The summed E-state index contributed by atoms with van der Waals surface area (Å²) in [7, 11) is -3.89. The number of amides is 3.